The first kappa shape index (κ1) is 12.7. The predicted octanol–water partition coefficient (Wildman–Crippen LogP) is 2.14. The topological polar surface area (TPSA) is 24.5 Å². The Bertz CT molecular complexity index is 384. The standard InChI is InChI=1S/C13H19ClN2O/c1-15-10-6-7-16(8-10)9-11-12(14)4-3-5-13(11)17-2/h3-5,10,15H,6-9H2,1-2H3. The van der Waals surface area contributed by atoms with E-state index in [0.29, 0.717) is 6.04 Å². The monoisotopic (exact) mass is 254 g/mol. The Morgan fingerprint density at radius 3 is 3.00 bits per heavy atom. The zero-order valence-corrected chi connectivity index (χ0v) is 11.1. The fourth-order valence-corrected chi connectivity index (χ4v) is 2.54. The van der Waals surface area contributed by atoms with Crippen LogP contribution in [-0.4, -0.2) is 38.2 Å². The third-order valence-electron chi connectivity index (χ3n) is 3.36. The van der Waals surface area contributed by atoms with Gasteiger partial charge >= 0.3 is 0 Å². The Morgan fingerprint density at radius 1 is 1.53 bits per heavy atom. The van der Waals surface area contributed by atoms with Gasteiger partial charge in [0.2, 0.25) is 0 Å². The second-order valence-corrected chi connectivity index (χ2v) is 4.84. The molecule has 4 heteroatoms. The lowest BCUT2D eigenvalue weighted by Crippen LogP contribution is -2.29. The largest absolute Gasteiger partial charge is 0.496 e. The van der Waals surface area contributed by atoms with Crippen LogP contribution in [0.4, 0.5) is 0 Å². The lowest BCUT2D eigenvalue weighted by Gasteiger charge is -2.18. The van der Waals surface area contributed by atoms with Crippen LogP contribution in [0.15, 0.2) is 18.2 Å². The van der Waals surface area contributed by atoms with Crippen LogP contribution >= 0.6 is 11.6 Å². The first-order chi connectivity index (χ1) is 8.24. The van der Waals surface area contributed by atoms with E-state index in [1.165, 1.54) is 6.42 Å². The number of likely N-dealkylation sites (tertiary alicyclic amines) is 1. The van der Waals surface area contributed by atoms with Gasteiger partial charge in [0.25, 0.3) is 0 Å². The van der Waals surface area contributed by atoms with E-state index in [1.54, 1.807) is 7.11 Å². The van der Waals surface area contributed by atoms with Crippen molar-refractivity contribution in [3.05, 3.63) is 28.8 Å². The van der Waals surface area contributed by atoms with Crippen LogP contribution in [-0.2, 0) is 6.54 Å². The van der Waals surface area contributed by atoms with Crippen LogP contribution < -0.4 is 10.1 Å². The van der Waals surface area contributed by atoms with Crippen LogP contribution in [0.3, 0.4) is 0 Å². The molecule has 1 unspecified atom stereocenters. The van der Waals surface area contributed by atoms with Crippen LogP contribution in [0.5, 0.6) is 5.75 Å². The molecule has 1 fully saturated rings. The first-order valence-corrected chi connectivity index (χ1v) is 6.33. The highest BCUT2D eigenvalue weighted by Crippen LogP contribution is 2.28. The number of methoxy groups -OCH3 is 1. The van der Waals surface area contributed by atoms with Crippen molar-refractivity contribution >= 4 is 11.6 Å². The average Bonchev–Trinajstić information content (AvgIpc) is 2.79. The van der Waals surface area contributed by atoms with Gasteiger partial charge in [0.1, 0.15) is 5.75 Å². The Balaban J connectivity index is 2.08. The van der Waals surface area contributed by atoms with Gasteiger partial charge in [0, 0.05) is 36.3 Å². The van der Waals surface area contributed by atoms with Gasteiger partial charge < -0.3 is 10.1 Å². The third kappa shape index (κ3) is 2.92. The molecule has 1 aromatic carbocycles. The SMILES string of the molecule is CNC1CCN(Cc2c(Cl)cccc2OC)C1. The number of hydrogen-bond donors (Lipinski definition) is 1. The highest BCUT2D eigenvalue weighted by molar-refractivity contribution is 6.31. The minimum absolute atomic E-state index is 0.600. The molecule has 1 aromatic rings. The Morgan fingerprint density at radius 2 is 2.35 bits per heavy atom. The van der Waals surface area contributed by atoms with E-state index in [2.05, 4.69) is 10.2 Å². The Labute approximate surface area is 108 Å². The summed E-state index contributed by atoms with van der Waals surface area (Å²) in [6, 6.07) is 6.41. The summed E-state index contributed by atoms with van der Waals surface area (Å²) in [5.74, 6) is 0.880. The lowest BCUT2D eigenvalue weighted by molar-refractivity contribution is 0.313. The number of nitrogens with one attached hydrogen (secondary N) is 1. The zero-order chi connectivity index (χ0) is 12.3. The number of likely N-dealkylation sites (N-methyl/N-ethyl adjacent to an activating group) is 1. The molecule has 3 nitrogen and oxygen atoms in total. The van der Waals surface area contributed by atoms with E-state index < -0.39 is 0 Å². The zero-order valence-electron chi connectivity index (χ0n) is 10.4. The molecule has 1 atom stereocenters. The van der Waals surface area contributed by atoms with E-state index in [1.807, 2.05) is 25.2 Å². The van der Waals surface area contributed by atoms with Gasteiger partial charge in [-0.25, -0.2) is 0 Å². The van der Waals surface area contributed by atoms with E-state index in [0.717, 1.165) is 36.0 Å². The summed E-state index contributed by atoms with van der Waals surface area (Å²) in [5.41, 5.74) is 1.09. The summed E-state index contributed by atoms with van der Waals surface area (Å²) in [4.78, 5) is 2.41. The molecule has 1 heterocycles. The van der Waals surface area contributed by atoms with Gasteiger partial charge in [-0.05, 0) is 25.6 Å². The van der Waals surface area contributed by atoms with Gasteiger partial charge in [-0.15, -0.1) is 0 Å². The molecule has 1 aliphatic rings. The van der Waals surface area contributed by atoms with E-state index in [4.69, 9.17) is 16.3 Å². The van der Waals surface area contributed by atoms with Crippen molar-refractivity contribution in [1.29, 1.82) is 0 Å². The lowest BCUT2D eigenvalue weighted by atomic mass is 10.2. The fraction of sp³-hybridized carbons (Fsp3) is 0.538. The molecular formula is C13H19ClN2O. The summed E-state index contributed by atoms with van der Waals surface area (Å²) in [5, 5.41) is 4.11. The van der Waals surface area contributed by atoms with Crippen molar-refractivity contribution in [3.63, 3.8) is 0 Å². The van der Waals surface area contributed by atoms with E-state index in [9.17, 15) is 0 Å². The van der Waals surface area contributed by atoms with E-state index in [-0.39, 0.29) is 0 Å². The van der Waals surface area contributed by atoms with Crippen LogP contribution in [0.25, 0.3) is 0 Å². The average molecular weight is 255 g/mol. The summed E-state index contributed by atoms with van der Waals surface area (Å²) in [6.07, 6.45) is 1.20. The highest BCUT2D eigenvalue weighted by Gasteiger charge is 2.22. The quantitative estimate of drug-likeness (QED) is 0.891. The molecule has 17 heavy (non-hydrogen) atoms. The van der Waals surface area contributed by atoms with Crippen LogP contribution in [0.2, 0.25) is 5.02 Å². The van der Waals surface area contributed by atoms with Crippen molar-refractivity contribution in [2.75, 3.05) is 27.2 Å². The van der Waals surface area contributed by atoms with Gasteiger partial charge in [-0.3, -0.25) is 4.90 Å². The van der Waals surface area contributed by atoms with Gasteiger partial charge in [0.15, 0.2) is 0 Å². The predicted molar refractivity (Wildman–Crippen MR) is 70.7 cm³/mol. The second-order valence-electron chi connectivity index (χ2n) is 4.43. The van der Waals surface area contributed by atoms with Crippen molar-refractivity contribution in [1.82, 2.24) is 10.2 Å². The molecule has 1 saturated heterocycles. The maximum atomic E-state index is 6.23. The molecule has 0 bridgehead atoms. The summed E-state index contributed by atoms with van der Waals surface area (Å²) in [6.45, 7) is 3.05. The summed E-state index contributed by atoms with van der Waals surface area (Å²) in [7, 11) is 3.71. The molecule has 0 saturated carbocycles. The summed E-state index contributed by atoms with van der Waals surface area (Å²) < 4.78 is 5.36. The number of nitrogens with zero attached hydrogens (tertiary/aromatic N) is 1. The van der Waals surface area contributed by atoms with Crippen molar-refractivity contribution in [2.24, 2.45) is 0 Å². The molecule has 1 N–H and O–H groups in total. The molecule has 2 rings (SSSR count). The molecule has 0 radical (unpaired) electrons. The molecule has 0 amide bonds. The molecule has 0 spiro atoms. The van der Waals surface area contributed by atoms with Crippen molar-refractivity contribution < 1.29 is 4.74 Å². The minimum Gasteiger partial charge on any atom is -0.496 e. The smallest absolute Gasteiger partial charge is 0.124 e. The number of rotatable bonds is 4. The second kappa shape index (κ2) is 5.71. The number of ether oxygens (including phenoxy) is 1. The fourth-order valence-electron chi connectivity index (χ4n) is 2.32. The normalized spacial score (nSPS) is 20.8. The van der Waals surface area contributed by atoms with Gasteiger partial charge in [-0.1, -0.05) is 17.7 Å². The van der Waals surface area contributed by atoms with Crippen molar-refractivity contribution in [3.8, 4) is 5.75 Å². The first-order valence-electron chi connectivity index (χ1n) is 5.95. The maximum absolute atomic E-state index is 6.23. The third-order valence-corrected chi connectivity index (χ3v) is 3.71. The van der Waals surface area contributed by atoms with Gasteiger partial charge in [-0.2, -0.15) is 0 Å². The molecule has 0 aliphatic carbocycles. The Kier molecular flexibility index (Phi) is 4.26. The van der Waals surface area contributed by atoms with Gasteiger partial charge in [0.05, 0.1) is 7.11 Å². The Hall–Kier alpha value is -0.770. The number of benzene rings is 1. The molecule has 1 aliphatic heterocycles. The maximum Gasteiger partial charge on any atom is 0.124 e. The van der Waals surface area contributed by atoms with E-state index >= 15 is 0 Å². The van der Waals surface area contributed by atoms with Crippen LogP contribution in [0.1, 0.15) is 12.0 Å². The highest BCUT2D eigenvalue weighted by atomic mass is 35.5. The van der Waals surface area contributed by atoms with Crippen LogP contribution in [0, 0.1) is 0 Å². The minimum atomic E-state index is 0.600. The number of hydrogen-bond acceptors (Lipinski definition) is 3. The molecular weight excluding hydrogens is 236 g/mol. The summed E-state index contributed by atoms with van der Waals surface area (Å²) >= 11 is 6.23. The van der Waals surface area contributed by atoms with Crippen molar-refractivity contribution in [2.45, 2.75) is 19.0 Å². The molecule has 0 aromatic heterocycles. The number of halogens is 1. The molecule has 94 valence electrons.